The Kier molecular flexibility index (Phi) is 8.59. The lowest BCUT2D eigenvalue weighted by Crippen LogP contribution is -2.63. The molecule has 0 unspecified atom stereocenters. The van der Waals surface area contributed by atoms with E-state index in [1.54, 1.807) is 13.8 Å². The molecule has 0 aliphatic carbocycles. The van der Waals surface area contributed by atoms with E-state index in [1.165, 1.54) is 0 Å². The van der Waals surface area contributed by atoms with Gasteiger partial charge in [0.25, 0.3) is 0 Å². The van der Waals surface area contributed by atoms with Crippen LogP contribution in [-0.2, 0) is 18.9 Å². The van der Waals surface area contributed by atoms with Crippen molar-refractivity contribution in [1.29, 1.82) is 0 Å². The number of aliphatic hydroxyl groups is 3. The largest absolute Gasteiger partial charge is 0.390 e. The minimum atomic E-state index is -1.08. The lowest BCUT2D eigenvalue weighted by Gasteiger charge is -2.56. The second-order valence-corrected chi connectivity index (χ2v) is 15.8. The van der Waals surface area contributed by atoms with Crippen LogP contribution < -0.4 is 0 Å². The Morgan fingerprint density at radius 2 is 1.45 bits per heavy atom. The maximum Gasteiger partial charge on any atom is 0.0923 e. The van der Waals surface area contributed by atoms with Gasteiger partial charge in [-0.15, -0.1) is 0 Å². The average Bonchev–Trinajstić information content (AvgIpc) is 3.23. The molecule has 0 amide bonds. The molecule has 0 saturated carbocycles. The van der Waals surface area contributed by atoms with Gasteiger partial charge in [0, 0.05) is 4.83 Å². The Morgan fingerprint density at radius 1 is 0.816 bits per heavy atom. The van der Waals surface area contributed by atoms with Gasteiger partial charge in [-0.3, -0.25) is 0 Å². The van der Waals surface area contributed by atoms with Crippen molar-refractivity contribution >= 4 is 15.9 Å². The molecule has 8 heteroatoms. The highest BCUT2D eigenvalue weighted by Crippen LogP contribution is 2.49. The molecule has 4 aliphatic heterocycles. The molecule has 222 valence electrons. The topological polar surface area (TPSA) is 97.6 Å². The van der Waals surface area contributed by atoms with E-state index in [-0.39, 0.29) is 35.6 Å². The smallest absolute Gasteiger partial charge is 0.0923 e. The fourth-order valence-corrected chi connectivity index (χ4v) is 7.60. The van der Waals surface area contributed by atoms with Crippen LogP contribution in [0.25, 0.3) is 0 Å². The molecular formula is C30H53BrO7. The Bertz CT molecular complexity index is 843. The quantitative estimate of drug-likeness (QED) is 0.344. The third-order valence-corrected chi connectivity index (χ3v) is 11.8. The predicted octanol–water partition coefficient (Wildman–Crippen LogP) is 5.18. The third kappa shape index (κ3) is 6.18. The summed E-state index contributed by atoms with van der Waals surface area (Å²) in [6, 6.07) is 0. The number of halogens is 1. The summed E-state index contributed by atoms with van der Waals surface area (Å²) in [5.41, 5.74) is -3.78. The van der Waals surface area contributed by atoms with Gasteiger partial charge in [0.15, 0.2) is 0 Å². The molecule has 3 N–H and O–H groups in total. The second-order valence-electron chi connectivity index (χ2n) is 14.7. The molecule has 0 aromatic carbocycles. The van der Waals surface area contributed by atoms with E-state index >= 15 is 0 Å². The van der Waals surface area contributed by atoms with Crippen molar-refractivity contribution in [2.45, 2.75) is 189 Å². The molecule has 7 nitrogen and oxygen atoms in total. The number of rotatable bonds is 7. The lowest BCUT2D eigenvalue weighted by atomic mass is 9.75. The fraction of sp³-hybridized carbons (Fsp3) is 1.00. The van der Waals surface area contributed by atoms with Crippen molar-refractivity contribution in [3.8, 4) is 0 Å². The molecule has 0 radical (unpaired) electrons. The van der Waals surface area contributed by atoms with Crippen molar-refractivity contribution < 1.29 is 34.3 Å². The summed E-state index contributed by atoms with van der Waals surface area (Å²) in [6.07, 6.45) is 6.09. The molecule has 4 fully saturated rings. The Labute approximate surface area is 238 Å². The van der Waals surface area contributed by atoms with Gasteiger partial charge in [0.2, 0.25) is 0 Å². The van der Waals surface area contributed by atoms with Crippen LogP contribution in [-0.4, -0.2) is 84.3 Å². The molecule has 0 aromatic heterocycles. The number of ether oxygens (including phenoxy) is 4. The summed E-state index contributed by atoms with van der Waals surface area (Å²) in [6.45, 7) is 15.8. The highest BCUT2D eigenvalue weighted by molar-refractivity contribution is 9.09. The van der Waals surface area contributed by atoms with Crippen molar-refractivity contribution in [3.63, 3.8) is 0 Å². The molecule has 10 atom stereocenters. The molecule has 4 aliphatic rings. The molecule has 4 saturated heterocycles. The van der Waals surface area contributed by atoms with Crippen LogP contribution in [0.4, 0.5) is 0 Å². The van der Waals surface area contributed by atoms with Gasteiger partial charge in [0.05, 0.1) is 64.1 Å². The predicted molar refractivity (Wildman–Crippen MR) is 151 cm³/mol. The zero-order valence-electron chi connectivity index (χ0n) is 24.9. The average molecular weight is 606 g/mol. The zero-order valence-corrected chi connectivity index (χ0v) is 26.5. The lowest BCUT2D eigenvalue weighted by molar-refractivity contribution is -0.301. The van der Waals surface area contributed by atoms with Gasteiger partial charge >= 0.3 is 0 Å². The molecule has 38 heavy (non-hydrogen) atoms. The Balaban J connectivity index is 1.33. The van der Waals surface area contributed by atoms with Crippen LogP contribution in [0.3, 0.4) is 0 Å². The van der Waals surface area contributed by atoms with E-state index in [2.05, 4.69) is 43.6 Å². The highest BCUT2D eigenvalue weighted by Gasteiger charge is 2.55. The third-order valence-electron chi connectivity index (χ3n) is 10.3. The molecular weight excluding hydrogens is 552 g/mol. The van der Waals surface area contributed by atoms with E-state index in [0.29, 0.717) is 36.9 Å². The van der Waals surface area contributed by atoms with Gasteiger partial charge in [-0.1, -0.05) is 15.9 Å². The van der Waals surface area contributed by atoms with Gasteiger partial charge < -0.3 is 34.3 Å². The second kappa shape index (κ2) is 10.5. The fourth-order valence-electron chi connectivity index (χ4n) is 7.27. The summed E-state index contributed by atoms with van der Waals surface area (Å²) in [5, 5.41) is 32.9. The van der Waals surface area contributed by atoms with Gasteiger partial charge in [-0.25, -0.2) is 0 Å². The minimum Gasteiger partial charge on any atom is -0.390 e. The standard InChI is InChI=1S/C30H53BrO7/c1-25(2,33)21-13-17-28(6,36-21)20(32)12-15-27(5,34)22-9-10-23-29(7,37-22)18-14-24(35-23)30(8)16-11-19(31)26(3,4)38-30/h19-24,32-34H,9-18H2,1-8H3/t19-,20+,21-,22-,23+,24+,27+,28-,29+,30+/m1/s1. The van der Waals surface area contributed by atoms with E-state index in [4.69, 9.17) is 18.9 Å². The van der Waals surface area contributed by atoms with Crippen LogP contribution in [0.15, 0.2) is 0 Å². The number of aliphatic hydroxyl groups excluding tert-OH is 1. The van der Waals surface area contributed by atoms with Crippen molar-refractivity contribution in [1.82, 2.24) is 0 Å². The Hall–Kier alpha value is 0.200. The van der Waals surface area contributed by atoms with Gasteiger partial charge in [-0.2, -0.15) is 0 Å². The molecule has 0 aromatic rings. The van der Waals surface area contributed by atoms with Crippen molar-refractivity contribution in [3.05, 3.63) is 0 Å². The molecule has 4 rings (SSSR count). The number of hydrogen-bond donors (Lipinski definition) is 3. The minimum absolute atomic E-state index is 0.0236. The first-order valence-corrected chi connectivity index (χ1v) is 15.7. The van der Waals surface area contributed by atoms with Crippen LogP contribution in [0.1, 0.15) is 120 Å². The van der Waals surface area contributed by atoms with E-state index in [0.717, 1.165) is 32.1 Å². The first-order valence-electron chi connectivity index (χ1n) is 14.8. The summed E-state index contributed by atoms with van der Waals surface area (Å²) < 4.78 is 26.1. The molecule has 4 heterocycles. The van der Waals surface area contributed by atoms with Crippen molar-refractivity contribution in [2.24, 2.45) is 0 Å². The van der Waals surface area contributed by atoms with E-state index in [9.17, 15) is 15.3 Å². The first kappa shape index (κ1) is 31.1. The maximum absolute atomic E-state index is 11.5. The van der Waals surface area contributed by atoms with Crippen LogP contribution >= 0.6 is 15.9 Å². The Morgan fingerprint density at radius 3 is 2.05 bits per heavy atom. The summed E-state index contributed by atoms with van der Waals surface area (Å²) in [5.74, 6) is 0. The maximum atomic E-state index is 11.5. The van der Waals surface area contributed by atoms with Crippen LogP contribution in [0.2, 0.25) is 0 Å². The highest BCUT2D eigenvalue weighted by atomic mass is 79.9. The van der Waals surface area contributed by atoms with Gasteiger partial charge in [-0.05, 0) is 120 Å². The summed E-state index contributed by atoms with van der Waals surface area (Å²) >= 11 is 3.79. The molecule has 0 bridgehead atoms. The number of hydrogen-bond acceptors (Lipinski definition) is 7. The van der Waals surface area contributed by atoms with Crippen LogP contribution in [0, 0.1) is 0 Å². The van der Waals surface area contributed by atoms with E-state index < -0.39 is 28.5 Å². The SMILES string of the molecule is CC(C)(O)[C@H]1CC[C@](C)([C@@H](O)CC[C@](C)(O)[C@H]2CC[C@@H]3O[C@H]([C@]4(C)CC[C@@H](Br)C(C)(C)O4)CC[C@]3(C)O2)O1. The van der Waals surface area contributed by atoms with Crippen molar-refractivity contribution in [2.75, 3.05) is 0 Å². The van der Waals surface area contributed by atoms with E-state index in [1.807, 2.05) is 13.8 Å². The van der Waals surface area contributed by atoms with Gasteiger partial charge in [0.1, 0.15) is 0 Å². The summed E-state index contributed by atoms with van der Waals surface area (Å²) in [7, 11) is 0. The summed E-state index contributed by atoms with van der Waals surface area (Å²) in [4.78, 5) is 0.335. The zero-order chi connectivity index (χ0) is 28.4. The number of alkyl halides is 1. The number of fused-ring (bicyclic) bond motifs is 1. The monoisotopic (exact) mass is 604 g/mol. The normalized spacial score (nSPS) is 46.3. The molecule has 0 spiro atoms. The van der Waals surface area contributed by atoms with Crippen LogP contribution in [0.5, 0.6) is 0 Å². The first-order chi connectivity index (χ1) is 17.3.